The molecule has 3 rings (SSSR count). The normalized spacial score (nSPS) is 10.4. The number of hydrogen-bond donors (Lipinski definition) is 2. The van der Waals surface area contributed by atoms with Crippen molar-refractivity contribution in [2.24, 2.45) is 0 Å². The number of rotatable bonds is 7. The second kappa shape index (κ2) is 8.90. The minimum Gasteiger partial charge on any atom is -0.497 e. The lowest BCUT2D eigenvalue weighted by atomic mass is 10.2. The van der Waals surface area contributed by atoms with Gasteiger partial charge in [0.25, 0.3) is 5.91 Å². The summed E-state index contributed by atoms with van der Waals surface area (Å²) in [7, 11) is 1.57. The maximum Gasteiger partial charge on any atom is 0.255 e. The van der Waals surface area contributed by atoms with Crippen LogP contribution in [-0.4, -0.2) is 24.1 Å². The van der Waals surface area contributed by atoms with Crippen LogP contribution in [0.3, 0.4) is 0 Å². The number of hydrogen-bond acceptors (Lipinski definition) is 5. The Morgan fingerprint density at radius 3 is 2.36 bits per heavy atom. The molecule has 0 bridgehead atoms. The Hall–Kier alpha value is -3.54. The molecule has 0 spiro atoms. The Bertz CT molecular complexity index is 923. The highest BCUT2D eigenvalue weighted by Crippen LogP contribution is 2.21. The van der Waals surface area contributed by atoms with Crippen LogP contribution in [0, 0.1) is 0 Å². The quantitative estimate of drug-likeness (QED) is 0.614. The first-order valence-corrected chi connectivity index (χ1v) is 8.98. The lowest BCUT2D eigenvalue weighted by Crippen LogP contribution is -2.12. The molecule has 1 aromatic heterocycles. The summed E-state index contributed by atoms with van der Waals surface area (Å²) in [5.41, 5.74) is 2.03. The predicted molar refractivity (Wildman–Crippen MR) is 111 cm³/mol. The van der Waals surface area contributed by atoms with Crippen LogP contribution in [0.25, 0.3) is 0 Å². The third kappa shape index (κ3) is 5.23. The van der Waals surface area contributed by atoms with Crippen LogP contribution in [-0.2, 0) is 0 Å². The monoisotopic (exact) mass is 377 g/mol. The molecular weight excluding hydrogens is 354 g/mol. The van der Waals surface area contributed by atoms with Crippen molar-refractivity contribution >= 4 is 23.1 Å². The lowest BCUT2D eigenvalue weighted by Gasteiger charge is -2.11. The highest BCUT2D eigenvalue weighted by Gasteiger charge is 2.08. The lowest BCUT2D eigenvalue weighted by molar-refractivity contribution is 0.102. The molecule has 2 aromatic carbocycles. The summed E-state index contributed by atoms with van der Waals surface area (Å²) < 4.78 is 10.8. The molecule has 1 heterocycles. The van der Waals surface area contributed by atoms with Gasteiger partial charge in [0.15, 0.2) is 0 Å². The first-order chi connectivity index (χ1) is 13.5. The first-order valence-electron chi connectivity index (χ1n) is 8.98. The molecule has 28 heavy (non-hydrogen) atoms. The van der Waals surface area contributed by atoms with E-state index in [4.69, 9.17) is 9.47 Å². The number of methoxy groups -OCH3 is 1. The second-order valence-corrected chi connectivity index (χ2v) is 6.43. The number of anilines is 3. The van der Waals surface area contributed by atoms with Gasteiger partial charge in [-0.1, -0.05) is 6.07 Å². The van der Waals surface area contributed by atoms with Gasteiger partial charge >= 0.3 is 0 Å². The molecule has 0 aliphatic rings. The molecule has 0 saturated carbocycles. The van der Waals surface area contributed by atoms with Gasteiger partial charge in [0.1, 0.15) is 17.3 Å². The van der Waals surface area contributed by atoms with Crippen molar-refractivity contribution in [3.05, 3.63) is 72.4 Å². The Morgan fingerprint density at radius 2 is 1.71 bits per heavy atom. The van der Waals surface area contributed by atoms with Gasteiger partial charge in [-0.05, 0) is 68.4 Å². The van der Waals surface area contributed by atoms with E-state index >= 15 is 0 Å². The molecule has 0 fully saturated rings. The van der Waals surface area contributed by atoms with E-state index in [1.807, 2.05) is 38.1 Å². The summed E-state index contributed by atoms with van der Waals surface area (Å²) in [6.07, 6.45) is 1.75. The smallest absolute Gasteiger partial charge is 0.255 e. The fraction of sp³-hybridized carbons (Fsp3) is 0.182. The molecule has 0 unspecified atom stereocenters. The topological polar surface area (TPSA) is 72.5 Å². The van der Waals surface area contributed by atoms with Gasteiger partial charge in [0, 0.05) is 11.3 Å². The maximum atomic E-state index is 12.3. The zero-order valence-electron chi connectivity index (χ0n) is 16.1. The summed E-state index contributed by atoms with van der Waals surface area (Å²) in [4.78, 5) is 16.7. The summed E-state index contributed by atoms with van der Waals surface area (Å²) in [6, 6.07) is 18.3. The molecule has 0 atom stereocenters. The average Bonchev–Trinajstić information content (AvgIpc) is 2.70. The van der Waals surface area contributed by atoms with Crippen LogP contribution >= 0.6 is 0 Å². The molecule has 6 nitrogen and oxygen atoms in total. The molecule has 144 valence electrons. The van der Waals surface area contributed by atoms with Crippen molar-refractivity contribution in [2.75, 3.05) is 17.7 Å². The Balaban J connectivity index is 1.60. The van der Waals surface area contributed by atoms with Crippen molar-refractivity contribution in [1.82, 2.24) is 4.98 Å². The molecule has 0 radical (unpaired) electrons. The largest absolute Gasteiger partial charge is 0.497 e. The highest BCUT2D eigenvalue weighted by atomic mass is 16.5. The van der Waals surface area contributed by atoms with Crippen LogP contribution in [0.1, 0.15) is 24.2 Å². The van der Waals surface area contributed by atoms with Crippen molar-refractivity contribution in [3.63, 3.8) is 0 Å². The second-order valence-electron chi connectivity index (χ2n) is 6.43. The SMILES string of the molecule is COc1cccc(C(=O)Nc2ccc(Nc3ccc(OC(C)C)cc3)nc2)c1. The van der Waals surface area contributed by atoms with Gasteiger partial charge in [0.2, 0.25) is 0 Å². The van der Waals surface area contributed by atoms with E-state index in [1.165, 1.54) is 0 Å². The van der Waals surface area contributed by atoms with E-state index in [0.29, 0.717) is 22.8 Å². The van der Waals surface area contributed by atoms with Crippen LogP contribution < -0.4 is 20.1 Å². The number of amides is 1. The molecule has 1 amide bonds. The first kappa shape index (κ1) is 19.2. The number of aromatic nitrogens is 1. The summed E-state index contributed by atoms with van der Waals surface area (Å²) in [5, 5.41) is 6.04. The zero-order chi connectivity index (χ0) is 19.9. The summed E-state index contributed by atoms with van der Waals surface area (Å²) in [6.45, 7) is 3.98. The molecule has 0 aliphatic heterocycles. The number of ether oxygens (including phenoxy) is 2. The zero-order valence-corrected chi connectivity index (χ0v) is 16.1. The summed E-state index contributed by atoms with van der Waals surface area (Å²) >= 11 is 0. The fourth-order valence-electron chi connectivity index (χ4n) is 2.55. The van der Waals surface area contributed by atoms with Crippen LogP contribution in [0.4, 0.5) is 17.2 Å². The molecular formula is C22H23N3O3. The van der Waals surface area contributed by atoms with Crippen molar-refractivity contribution in [3.8, 4) is 11.5 Å². The average molecular weight is 377 g/mol. The van der Waals surface area contributed by atoms with Crippen LogP contribution in [0.2, 0.25) is 0 Å². The van der Waals surface area contributed by atoms with E-state index < -0.39 is 0 Å². The molecule has 3 aromatic rings. The minimum absolute atomic E-state index is 0.139. The Labute approximate surface area is 164 Å². The molecule has 6 heteroatoms. The van der Waals surface area contributed by atoms with Crippen molar-refractivity contribution in [2.45, 2.75) is 20.0 Å². The van der Waals surface area contributed by atoms with Crippen LogP contribution in [0.15, 0.2) is 66.9 Å². The van der Waals surface area contributed by atoms with Crippen LogP contribution in [0.5, 0.6) is 11.5 Å². The predicted octanol–water partition coefficient (Wildman–Crippen LogP) is 4.87. The molecule has 2 N–H and O–H groups in total. The van der Waals surface area contributed by atoms with Crippen molar-refractivity contribution < 1.29 is 14.3 Å². The maximum absolute atomic E-state index is 12.3. The van der Waals surface area contributed by atoms with Gasteiger partial charge in [-0.15, -0.1) is 0 Å². The van der Waals surface area contributed by atoms with E-state index in [9.17, 15) is 4.79 Å². The number of carbonyl (C=O) groups is 1. The van der Waals surface area contributed by atoms with Gasteiger partial charge in [-0.25, -0.2) is 4.98 Å². The van der Waals surface area contributed by atoms with Gasteiger partial charge in [-0.2, -0.15) is 0 Å². The molecule has 0 aliphatic carbocycles. The Kier molecular flexibility index (Phi) is 6.11. The highest BCUT2D eigenvalue weighted by molar-refractivity contribution is 6.04. The third-order valence-corrected chi connectivity index (χ3v) is 3.85. The Morgan fingerprint density at radius 1 is 0.964 bits per heavy atom. The number of carbonyl (C=O) groups excluding carboxylic acids is 1. The number of nitrogens with one attached hydrogen (secondary N) is 2. The van der Waals surface area contributed by atoms with E-state index in [0.717, 1.165) is 11.4 Å². The number of pyridine rings is 1. The van der Waals surface area contributed by atoms with E-state index in [1.54, 1.807) is 49.7 Å². The summed E-state index contributed by atoms with van der Waals surface area (Å²) in [5.74, 6) is 1.92. The fourth-order valence-corrected chi connectivity index (χ4v) is 2.55. The minimum atomic E-state index is -0.220. The van der Waals surface area contributed by atoms with E-state index in [-0.39, 0.29) is 12.0 Å². The van der Waals surface area contributed by atoms with Gasteiger partial charge in [-0.3, -0.25) is 4.79 Å². The number of nitrogens with zero attached hydrogens (tertiary/aromatic N) is 1. The van der Waals surface area contributed by atoms with E-state index in [2.05, 4.69) is 15.6 Å². The van der Waals surface area contributed by atoms with Gasteiger partial charge in [0.05, 0.1) is 25.1 Å². The third-order valence-electron chi connectivity index (χ3n) is 3.85. The number of benzene rings is 2. The van der Waals surface area contributed by atoms with Crippen molar-refractivity contribution in [1.29, 1.82) is 0 Å². The molecule has 0 saturated heterocycles. The standard InChI is InChI=1S/C22H23N3O3/c1-15(2)28-19-10-7-17(8-11-19)24-21-12-9-18(14-23-21)25-22(26)16-5-4-6-20(13-16)27-3/h4-15H,1-3H3,(H,23,24)(H,25,26). The van der Waals surface area contributed by atoms with Gasteiger partial charge < -0.3 is 20.1 Å².